The summed E-state index contributed by atoms with van der Waals surface area (Å²) in [5.41, 5.74) is 14.1. The fourth-order valence-electron chi connectivity index (χ4n) is 5.63. The van der Waals surface area contributed by atoms with Gasteiger partial charge in [-0.3, -0.25) is 0 Å². The van der Waals surface area contributed by atoms with Gasteiger partial charge >= 0.3 is 0 Å². The molecule has 0 aliphatic heterocycles. The molecule has 0 saturated carbocycles. The average molecular weight is 764 g/mol. The maximum Gasteiger partial charge on any atom is 0.232 e. The summed E-state index contributed by atoms with van der Waals surface area (Å²) in [7, 11) is 0. The average Bonchev–Trinajstić information content (AvgIpc) is 3.22. The van der Waals surface area contributed by atoms with Crippen molar-refractivity contribution in [1.29, 1.82) is 0 Å². The Bertz CT molecular complexity index is 2420. The van der Waals surface area contributed by atoms with Crippen molar-refractivity contribution in [3.05, 3.63) is 175 Å². The van der Waals surface area contributed by atoms with Crippen molar-refractivity contribution < 1.29 is 0 Å². The molecule has 0 atom stereocenters. The van der Waals surface area contributed by atoms with Gasteiger partial charge in [-0.15, -0.1) is 0 Å². The van der Waals surface area contributed by atoms with E-state index in [9.17, 15) is 0 Å². The molecule has 2 aromatic heterocycles. The molecule has 0 amide bonds. The van der Waals surface area contributed by atoms with Crippen molar-refractivity contribution in [3.63, 3.8) is 0 Å². The van der Waals surface area contributed by atoms with Crippen LogP contribution in [-0.4, -0.2) is 89.0 Å². The maximum atomic E-state index is 6.60. The van der Waals surface area contributed by atoms with Crippen LogP contribution in [0.25, 0.3) is 34.9 Å². The molecule has 11 nitrogen and oxygen atoms in total. The van der Waals surface area contributed by atoms with Crippen molar-refractivity contribution in [2.24, 2.45) is 0 Å². The molecule has 268 valence electrons. The number of nitrogens with zero attached hydrogens (tertiary/aromatic N) is 6. The first-order valence-electron chi connectivity index (χ1n) is 17.6. The molecular formula is C44H35N11Na2. The summed E-state index contributed by atoms with van der Waals surface area (Å²) in [5, 5.41) is 13.1. The Labute approximate surface area is 375 Å². The van der Waals surface area contributed by atoms with Crippen LogP contribution in [0, 0.1) is 0 Å². The zero-order chi connectivity index (χ0) is 37.2. The summed E-state index contributed by atoms with van der Waals surface area (Å²) >= 11 is 0. The quantitative estimate of drug-likeness (QED) is 0.0460. The van der Waals surface area contributed by atoms with E-state index in [1.807, 2.05) is 176 Å². The molecule has 0 aliphatic carbocycles. The van der Waals surface area contributed by atoms with E-state index in [4.69, 9.17) is 25.7 Å². The van der Waals surface area contributed by atoms with Crippen molar-refractivity contribution >= 4 is 123 Å². The van der Waals surface area contributed by atoms with Gasteiger partial charge in [0.05, 0.1) is 0 Å². The van der Waals surface area contributed by atoms with E-state index in [-0.39, 0.29) is 59.1 Å². The second kappa shape index (κ2) is 19.8. The number of hydrogen-bond acceptors (Lipinski definition) is 11. The Morgan fingerprint density at radius 3 is 1.09 bits per heavy atom. The second-order valence-corrected chi connectivity index (χ2v) is 12.4. The van der Waals surface area contributed by atoms with Crippen LogP contribution in [0.2, 0.25) is 0 Å². The molecular weight excluding hydrogens is 729 g/mol. The van der Waals surface area contributed by atoms with Gasteiger partial charge in [-0.05, 0) is 65.7 Å². The minimum Gasteiger partial charge on any atom is -0.398 e. The van der Waals surface area contributed by atoms with E-state index < -0.39 is 0 Å². The molecule has 2 heterocycles. The summed E-state index contributed by atoms with van der Waals surface area (Å²) in [5.74, 6) is 2.69. The fraction of sp³-hybridized carbons (Fsp3) is 0. The third-order valence-electron chi connectivity index (χ3n) is 8.36. The number of anilines is 9. The van der Waals surface area contributed by atoms with Gasteiger partial charge in [0.25, 0.3) is 0 Å². The maximum absolute atomic E-state index is 6.60. The van der Waals surface area contributed by atoms with Gasteiger partial charge in [0.1, 0.15) is 0 Å². The predicted molar refractivity (Wildman–Crippen MR) is 234 cm³/mol. The molecule has 0 spiro atoms. The molecule has 0 fully saturated rings. The van der Waals surface area contributed by atoms with Gasteiger partial charge < -0.3 is 27.0 Å². The summed E-state index contributed by atoms with van der Waals surface area (Å²) in [6, 6.07) is 52.9. The first-order chi connectivity index (χ1) is 27.1. The predicted octanol–water partition coefficient (Wildman–Crippen LogP) is 9.36. The van der Waals surface area contributed by atoms with Crippen LogP contribution >= 0.6 is 0 Å². The minimum atomic E-state index is 0. The van der Waals surface area contributed by atoms with Crippen LogP contribution in [0.3, 0.4) is 0 Å². The zero-order valence-corrected chi connectivity index (χ0v) is 35.5. The van der Waals surface area contributed by atoms with Crippen LogP contribution in [0.1, 0.15) is 11.1 Å². The van der Waals surface area contributed by atoms with Gasteiger partial charge in [-0.2, -0.15) is 29.9 Å². The summed E-state index contributed by atoms with van der Waals surface area (Å²) in [4.78, 5) is 28.1. The number of rotatable bonds is 12. The number of nitrogens with two attached hydrogens (primary N) is 1. The molecule has 0 saturated heterocycles. The Hall–Kier alpha value is -5.92. The Balaban J connectivity index is 0.00000275. The monoisotopic (exact) mass is 763 g/mol. The van der Waals surface area contributed by atoms with Crippen molar-refractivity contribution in [2.75, 3.05) is 27.0 Å². The Morgan fingerprint density at radius 1 is 0.368 bits per heavy atom. The van der Waals surface area contributed by atoms with E-state index in [1.54, 1.807) is 0 Å². The third kappa shape index (κ3) is 11.1. The van der Waals surface area contributed by atoms with Gasteiger partial charge in [0, 0.05) is 98.7 Å². The minimum absolute atomic E-state index is 0. The standard InChI is InChI=1S/C44H35N11.2Na/c45-38-29-33(40-52-43(48-36-17-9-3-10-18-36)55-44(53-40)49-37-19-11-4-12-20-37)28-27-31(38)24-21-30-22-25-32(26-23-30)39-50-41(46-34-13-5-1-6-14-34)54-42(51-39)47-35-15-7-2-8-16-35;;/h1-29H,45H2,(H2,46,47,50,51,54)(H2,48,49,52,53,55);;. The normalized spacial score (nSPS) is 10.5. The zero-order valence-electron chi connectivity index (χ0n) is 31.5. The Kier molecular flexibility index (Phi) is 14.1. The number of nitrogens with one attached hydrogen (secondary N) is 4. The van der Waals surface area contributed by atoms with E-state index in [0.29, 0.717) is 41.1 Å². The van der Waals surface area contributed by atoms with E-state index >= 15 is 0 Å². The molecule has 6 N–H and O–H groups in total. The first-order valence-corrected chi connectivity index (χ1v) is 17.6. The molecule has 13 heteroatoms. The summed E-state index contributed by atoms with van der Waals surface area (Å²) in [6.45, 7) is 0. The van der Waals surface area contributed by atoms with Crippen LogP contribution in [-0.2, 0) is 0 Å². The van der Waals surface area contributed by atoms with Gasteiger partial charge in [0.15, 0.2) is 11.6 Å². The largest absolute Gasteiger partial charge is 0.398 e. The molecule has 8 aromatic rings. The van der Waals surface area contributed by atoms with Crippen molar-refractivity contribution in [3.8, 4) is 22.8 Å². The number of para-hydroxylation sites is 4. The third-order valence-corrected chi connectivity index (χ3v) is 8.36. The smallest absolute Gasteiger partial charge is 0.232 e. The van der Waals surface area contributed by atoms with E-state index in [0.717, 1.165) is 45.0 Å². The molecule has 8 rings (SSSR count). The van der Waals surface area contributed by atoms with Crippen LogP contribution in [0.5, 0.6) is 0 Å². The molecule has 0 unspecified atom stereocenters. The first kappa shape index (κ1) is 40.7. The summed E-state index contributed by atoms with van der Waals surface area (Å²) in [6.07, 6.45) is 4.00. The van der Waals surface area contributed by atoms with Gasteiger partial charge in [-0.25, -0.2) is 0 Å². The molecule has 57 heavy (non-hydrogen) atoms. The number of hydrogen-bond donors (Lipinski definition) is 5. The summed E-state index contributed by atoms with van der Waals surface area (Å²) < 4.78 is 0. The van der Waals surface area contributed by atoms with Crippen molar-refractivity contribution in [1.82, 2.24) is 29.9 Å². The fourth-order valence-corrected chi connectivity index (χ4v) is 5.63. The molecule has 6 aromatic carbocycles. The van der Waals surface area contributed by atoms with Crippen LogP contribution < -0.4 is 27.0 Å². The number of aromatic nitrogens is 6. The SMILES string of the molecule is Nc1cc(-c2nc(Nc3ccccc3)nc(Nc3ccccc3)n2)ccc1C=Cc1ccc(-c2nc(Nc3ccccc3)nc(Nc3ccccc3)n2)cc1.[Na].[Na]. The number of nitrogen functional groups attached to an aromatic ring is 1. The van der Waals surface area contributed by atoms with E-state index in [1.165, 1.54) is 0 Å². The topological polar surface area (TPSA) is 151 Å². The second-order valence-electron chi connectivity index (χ2n) is 12.4. The van der Waals surface area contributed by atoms with Crippen LogP contribution in [0.4, 0.5) is 52.2 Å². The molecule has 2 radical (unpaired) electrons. The Morgan fingerprint density at radius 2 is 0.719 bits per heavy atom. The van der Waals surface area contributed by atoms with Crippen molar-refractivity contribution in [2.45, 2.75) is 0 Å². The van der Waals surface area contributed by atoms with Crippen LogP contribution in [0.15, 0.2) is 164 Å². The van der Waals surface area contributed by atoms with Gasteiger partial charge in [0.2, 0.25) is 23.8 Å². The van der Waals surface area contributed by atoms with E-state index in [2.05, 4.69) is 31.2 Å². The molecule has 0 aliphatic rings. The molecule has 0 bridgehead atoms. The van der Waals surface area contributed by atoms with Gasteiger partial charge in [-0.1, -0.05) is 121 Å². The number of benzene rings is 6.